The molecule has 0 saturated carbocycles. The highest BCUT2D eigenvalue weighted by Crippen LogP contribution is 2.34. The Morgan fingerprint density at radius 3 is 2.46 bits per heavy atom. The zero-order chi connectivity index (χ0) is 25.7. The quantitative estimate of drug-likeness (QED) is 0.445. The highest BCUT2D eigenvalue weighted by molar-refractivity contribution is 5.97. The second kappa shape index (κ2) is 9.30. The minimum atomic E-state index is -0.201. The van der Waals surface area contributed by atoms with E-state index >= 15 is 0 Å². The number of likely N-dealkylation sites (tertiary alicyclic amines) is 1. The summed E-state index contributed by atoms with van der Waals surface area (Å²) in [6, 6.07) is 18.2. The average Bonchev–Trinajstić information content (AvgIpc) is 3.58. The number of fused-ring (bicyclic) bond motifs is 2. The molecule has 0 bridgehead atoms. The number of carbonyl (C=O) groups excluding carboxylic acids is 1. The van der Waals surface area contributed by atoms with Gasteiger partial charge in [-0.25, -0.2) is 4.98 Å². The van der Waals surface area contributed by atoms with E-state index in [9.17, 15) is 4.79 Å². The molecule has 1 N–H and O–H groups in total. The summed E-state index contributed by atoms with van der Waals surface area (Å²) in [4.78, 5) is 23.3. The third kappa shape index (κ3) is 4.48. The zero-order valence-electron chi connectivity index (χ0n) is 22.0. The van der Waals surface area contributed by atoms with Crippen molar-refractivity contribution in [3.8, 4) is 11.4 Å². The van der Waals surface area contributed by atoms with E-state index in [1.54, 1.807) is 4.68 Å². The molecule has 2 saturated heterocycles. The molecular formula is C30H34N6O. The lowest BCUT2D eigenvalue weighted by atomic mass is 10.00. The second-order valence-corrected chi connectivity index (χ2v) is 10.8. The Bertz CT molecular complexity index is 1460. The molecule has 7 heteroatoms. The molecule has 7 nitrogen and oxygen atoms in total. The standard InChI is InChI=1S/C30H34N6O/c1-19-9-10-23(36-17-21-15-34(3)16-22(21)18-36)13-25(19)30(37)31-20(2)26-14-29(28-11-12-35(4)33-28)32-27-8-6-5-7-24(26)27/h5-14,20-22H,15-18H2,1-4H3,(H,31,37)/t20-,21-,22+/m1/s1. The summed E-state index contributed by atoms with van der Waals surface area (Å²) in [6.07, 6.45) is 1.92. The number of pyridine rings is 1. The summed E-state index contributed by atoms with van der Waals surface area (Å²) in [5.74, 6) is 1.39. The molecule has 2 aromatic carbocycles. The SMILES string of the molecule is Cc1ccc(N2C[C@H]3CN(C)C[C@H]3C2)cc1C(=O)N[C@H](C)c1cc(-c2ccn(C)n2)nc2ccccc12. The van der Waals surface area contributed by atoms with Crippen LogP contribution < -0.4 is 10.2 Å². The summed E-state index contributed by atoms with van der Waals surface area (Å²) >= 11 is 0. The number of nitrogens with zero attached hydrogens (tertiary/aromatic N) is 5. The van der Waals surface area contributed by atoms with E-state index in [1.165, 1.54) is 0 Å². The number of hydrogen-bond donors (Lipinski definition) is 1. The lowest BCUT2D eigenvalue weighted by Gasteiger charge is -2.23. The van der Waals surface area contributed by atoms with Crippen molar-refractivity contribution in [1.29, 1.82) is 0 Å². The maximum Gasteiger partial charge on any atom is 0.252 e. The third-order valence-electron chi connectivity index (χ3n) is 8.04. The molecule has 2 aliphatic heterocycles. The average molecular weight is 495 g/mol. The number of aromatic nitrogens is 3. The van der Waals surface area contributed by atoms with Crippen LogP contribution in [-0.2, 0) is 7.05 Å². The van der Waals surface area contributed by atoms with E-state index in [1.807, 2.05) is 51.4 Å². The van der Waals surface area contributed by atoms with Crippen molar-refractivity contribution in [2.75, 3.05) is 38.1 Å². The lowest BCUT2D eigenvalue weighted by Crippen LogP contribution is -2.29. The van der Waals surface area contributed by atoms with Gasteiger partial charge in [0.2, 0.25) is 0 Å². The van der Waals surface area contributed by atoms with Crippen LogP contribution in [0.15, 0.2) is 60.8 Å². The molecule has 190 valence electrons. The van der Waals surface area contributed by atoms with E-state index < -0.39 is 0 Å². The largest absolute Gasteiger partial charge is 0.371 e. The van der Waals surface area contributed by atoms with Gasteiger partial charge in [0.15, 0.2) is 0 Å². The first-order valence-electron chi connectivity index (χ1n) is 13.1. The van der Waals surface area contributed by atoms with Crippen LogP contribution in [0, 0.1) is 18.8 Å². The predicted octanol–water partition coefficient (Wildman–Crippen LogP) is 4.43. The fourth-order valence-corrected chi connectivity index (χ4v) is 6.09. The third-order valence-corrected chi connectivity index (χ3v) is 8.04. The Labute approximate surface area is 218 Å². The van der Waals surface area contributed by atoms with Gasteiger partial charge in [0.25, 0.3) is 5.91 Å². The summed E-state index contributed by atoms with van der Waals surface area (Å²) in [5.41, 5.74) is 6.42. The van der Waals surface area contributed by atoms with Gasteiger partial charge < -0.3 is 15.1 Å². The normalized spacial score (nSPS) is 20.4. The smallest absolute Gasteiger partial charge is 0.252 e. The van der Waals surface area contributed by atoms with Crippen LogP contribution in [0.4, 0.5) is 5.69 Å². The van der Waals surface area contributed by atoms with Gasteiger partial charge in [-0.2, -0.15) is 5.10 Å². The van der Waals surface area contributed by atoms with E-state index in [2.05, 4.69) is 57.6 Å². The van der Waals surface area contributed by atoms with Crippen molar-refractivity contribution in [2.45, 2.75) is 19.9 Å². The highest BCUT2D eigenvalue weighted by atomic mass is 16.1. The number of benzene rings is 2. The van der Waals surface area contributed by atoms with Crippen LogP contribution >= 0.6 is 0 Å². The van der Waals surface area contributed by atoms with Gasteiger partial charge in [-0.15, -0.1) is 0 Å². The minimum Gasteiger partial charge on any atom is -0.371 e. The number of carbonyl (C=O) groups is 1. The van der Waals surface area contributed by atoms with Crippen molar-refractivity contribution < 1.29 is 4.79 Å². The van der Waals surface area contributed by atoms with E-state index in [0.29, 0.717) is 0 Å². The fourth-order valence-electron chi connectivity index (χ4n) is 6.09. The summed E-state index contributed by atoms with van der Waals surface area (Å²) < 4.78 is 1.78. The maximum atomic E-state index is 13.6. The molecule has 2 fully saturated rings. The van der Waals surface area contributed by atoms with E-state index in [0.717, 1.165) is 82.7 Å². The Morgan fingerprint density at radius 2 is 1.73 bits per heavy atom. The van der Waals surface area contributed by atoms with Gasteiger partial charge in [0.05, 0.1) is 17.3 Å². The van der Waals surface area contributed by atoms with Crippen LogP contribution in [0.2, 0.25) is 0 Å². The van der Waals surface area contributed by atoms with Gasteiger partial charge in [0.1, 0.15) is 5.69 Å². The van der Waals surface area contributed by atoms with Gasteiger partial charge >= 0.3 is 0 Å². The number of para-hydroxylation sites is 1. The first-order chi connectivity index (χ1) is 17.9. The summed E-state index contributed by atoms with van der Waals surface area (Å²) in [7, 11) is 4.11. The molecule has 1 amide bonds. The van der Waals surface area contributed by atoms with E-state index in [4.69, 9.17) is 4.98 Å². The Kier molecular flexibility index (Phi) is 5.95. The van der Waals surface area contributed by atoms with Crippen LogP contribution in [0.3, 0.4) is 0 Å². The summed E-state index contributed by atoms with van der Waals surface area (Å²) in [5, 5.41) is 8.85. The molecule has 2 aliphatic rings. The molecule has 2 aromatic heterocycles. The number of rotatable bonds is 5. The Morgan fingerprint density at radius 1 is 0.973 bits per heavy atom. The van der Waals surface area contributed by atoms with Crippen molar-refractivity contribution in [2.24, 2.45) is 18.9 Å². The van der Waals surface area contributed by atoms with Gasteiger partial charge in [-0.3, -0.25) is 9.48 Å². The summed E-state index contributed by atoms with van der Waals surface area (Å²) in [6.45, 7) is 8.51. The molecule has 4 heterocycles. The van der Waals surface area contributed by atoms with Crippen molar-refractivity contribution in [1.82, 2.24) is 25.0 Å². The monoisotopic (exact) mass is 494 g/mol. The molecule has 4 aromatic rings. The molecule has 0 radical (unpaired) electrons. The van der Waals surface area contributed by atoms with Gasteiger partial charge in [-0.1, -0.05) is 24.3 Å². The maximum absolute atomic E-state index is 13.6. The molecule has 6 rings (SSSR count). The molecule has 0 aliphatic carbocycles. The van der Waals surface area contributed by atoms with Crippen molar-refractivity contribution in [3.63, 3.8) is 0 Å². The molecular weight excluding hydrogens is 460 g/mol. The van der Waals surface area contributed by atoms with Crippen LogP contribution in [0.5, 0.6) is 0 Å². The fraction of sp³-hybridized carbons (Fsp3) is 0.367. The van der Waals surface area contributed by atoms with Gasteiger partial charge in [-0.05, 0) is 74.2 Å². The lowest BCUT2D eigenvalue weighted by molar-refractivity contribution is 0.0939. The molecule has 3 atom stereocenters. The Hall–Kier alpha value is -3.71. The number of aryl methyl sites for hydroxylation is 2. The predicted molar refractivity (Wildman–Crippen MR) is 148 cm³/mol. The topological polar surface area (TPSA) is 66.3 Å². The minimum absolute atomic E-state index is 0.0498. The highest BCUT2D eigenvalue weighted by Gasteiger charge is 2.38. The Balaban J connectivity index is 1.27. The number of hydrogen-bond acceptors (Lipinski definition) is 5. The first kappa shape index (κ1) is 23.7. The molecule has 0 spiro atoms. The van der Waals surface area contributed by atoms with Crippen LogP contribution in [0.1, 0.15) is 34.5 Å². The molecule has 0 unspecified atom stereocenters. The number of anilines is 1. The number of amides is 1. The van der Waals surface area contributed by atoms with Crippen molar-refractivity contribution in [3.05, 3.63) is 77.5 Å². The second-order valence-electron chi connectivity index (χ2n) is 10.8. The van der Waals surface area contributed by atoms with E-state index in [-0.39, 0.29) is 11.9 Å². The van der Waals surface area contributed by atoms with Crippen molar-refractivity contribution >= 4 is 22.5 Å². The van der Waals surface area contributed by atoms with Crippen LogP contribution in [0.25, 0.3) is 22.3 Å². The van der Waals surface area contributed by atoms with Gasteiger partial charge in [0, 0.05) is 56.1 Å². The first-order valence-corrected chi connectivity index (χ1v) is 13.1. The van der Waals surface area contributed by atoms with Crippen LogP contribution in [-0.4, -0.2) is 58.8 Å². The zero-order valence-corrected chi connectivity index (χ0v) is 22.0. The number of nitrogens with one attached hydrogen (secondary N) is 1. The molecule has 37 heavy (non-hydrogen) atoms.